The number of methoxy groups -OCH3 is 1. The number of benzene rings is 3. The Hall–Kier alpha value is -3.88. The standard InChI is InChI=1S/C26H22ClN5O2S/c1-34-23-12-6-5-8-19(23)11-7-17-28-29-24(33)18-35-26-31-30-25(20-9-3-2-4-10-20)32(26)22-15-13-21(27)14-16-22/h2-17H,18H2,1H3,(H,29,33)/b11-7+,28-17+. The molecule has 0 fully saturated rings. The summed E-state index contributed by atoms with van der Waals surface area (Å²) in [6.07, 6.45) is 5.09. The van der Waals surface area contributed by atoms with Crippen LogP contribution in [0.5, 0.6) is 5.75 Å². The minimum Gasteiger partial charge on any atom is -0.496 e. The molecule has 0 bridgehead atoms. The van der Waals surface area contributed by atoms with E-state index in [0.717, 1.165) is 22.6 Å². The zero-order valence-electron chi connectivity index (χ0n) is 18.8. The molecular weight excluding hydrogens is 482 g/mol. The maximum absolute atomic E-state index is 12.4. The Morgan fingerprint density at radius 1 is 1.06 bits per heavy atom. The molecule has 9 heteroatoms. The van der Waals surface area contributed by atoms with Crippen LogP contribution in [0.2, 0.25) is 5.02 Å². The first-order chi connectivity index (χ1) is 17.2. The van der Waals surface area contributed by atoms with Gasteiger partial charge in [-0.2, -0.15) is 5.10 Å². The molecule has 3 aromatic carbocycles. The van der Waals surface area contributed by atoms with Crippen LogP contribution < -0.4 is 10.2 Å². The van der Waals surface area contributed by atoms with E-state index in [4.69, 9.17) is 16.3 Å². The lowest BCUT2D eigenvalue weighted by Crippen LogP contribution is -2.19. The molecule has 176 valence electrons. The number of nitrogens with one attached hydrogen (secondary N) is 1. The van der Waals surface area contributed by atoms with Crippen molar-refractivity contribution in [1.29, 1.82) is 0 Å². The molecule has 0 unspecified atom stereocenters. The second-order valence-electron chi connectivity index (χ2n) is 7.19. The van der Waals surface area contributed by atoms with E-state index < -0.39 is 0 Å². The molecule has 0 saturated heterocycles. The summed E-state index contributed by atoms with van der Waals surface area (Å²) in [7, 11) is 1.62. The Balaban J connectivity index is 1.42. The second-order valence-corrected chi connectivity index (χ2v) is 8.57. The van der Waals surface area contributed by atoms with Crippen LogP contribution in [0.15, 0.2) is 95.2 Å². The number of halogens is 1. The molecule has 1 heterocycles. The molecule has 1 aromatic heterocycles. The predicted octanol–water partition coefficient (Wildman–Crippen LogP) is 5.50. The number of hydrogen-bond donors (Lipinski definition) is 1. The van der Waals surface area contributed by atoms with E-state index in [0.29, 0.717) is 16.0 Å². The van der Waals surface area contributed by atoms with Crippen molar-refractivity contribution in [3.05, 3.63) is 95.5 Å². The van der Waals surface area contributed by atoms with Gasteiger partial charge in [0, 0.05) is 28.1 Å². The van der Waals surface area contributed by atoms with Crippen LogP contribution in [-0.2, 0) is 4.79 Å². The molecular formula is C26H22ClN5O2S. The fourth-order valence-corrected chi connectivity index (χ4v) is 4.10. The molecule has 0 aliphatic rings. The number of hydrazone groups is 1. The minimum absolute atomic E-state index is 0.119. The summed E-state index contributed by atoms with van der Waals surface area (Å²) < 4.78 is 7.21. The monoisotopic (exact) mass is 503 g/mol. The average Bonchev–Trinajstić information content (AvgIpc) is 3.32. The third kappa shape index (κ3) is 6.38. The van der Waals surface area contributed by atoms with Gasteiger partial charge in [0.15, 0.2) is 11.0 Å². The summed E-state index contributed by atoms with van der Waals surface area (Å²) in [5.74, 6) is 1.30. The summed E-state index contributed by atoms with van der Waals surface area (Å²) in [5, 5.41) is 13.9. The normalized spacial score (nSPS) is 11.3. The molecule has 1 amide bonds. The highest BCUT2D eigenvalue weighted by molar-refractivity contribution is 7.99. The SMILES string of the molecule is COc1ccccc1/C=C/C=N/NC(=O)CSc1nnc(-c2ccccc2)n1-c1ccc(Cl)cc1. The van der Waals surface area contributed by atoms with E-state index >= 15 is 0 Å². The van der Waals surface area contributed by atoms with Crippen LogP contribution in [0.25, 0.3) is 23.2 Å². The molecule has 4 rings (SSSR count). The Kier molecular flexibility index (Phi) is 8.32. The topological polar surface area (TPSA) is 81.4 Å². The Labute approximate surface area is 212 Å². The third-order valence-corrected chi connectivity index (χ3v) is 6.03. The fourth-order valence-electron chi connectivity index (χ4n) is 3.23. The number of allylic oxidation sites excluding steroid dienone is 1. The smallest absolute Gasteiger partial charge is 0.250 e. The van der Waals surface area contributed by atoms with Gasteiger partial charge in [-0.25, -0.2) is 5.43 Å². The van der Waals surface area contributed by atoms with Crippen LogP contribution in [0.4, 0.5) is 0 Å². The van der Waals surface area contributed by atoms with Crippen molar-refractivity contribution in [1.82, 2.24) is 20.2 Å². The largest absolute Gasteiger partial charge is 0.496 e. The van der Waals surface area contributed by atoms with Crippen LogP contribution in [0, 0.1) is 0 Å². The van der Waals surface area contributed by atoms with Crippen molar-refractivity contribution in [2.45, 2.75) is 5.16 Å². The number of carbonyl (C=O) groups is 1. The number of rotatable bonds is 9. The van der Waals surface area contributed by atoms with Crippen LogP contribution in [0.1, 0.15) is 5.56 Å². The van der Waals surface area contributed by atoms with Crippen LogP contribution >= 0.6 is 23.4 Å². The Morgan fingerprint density at radius 2 is 1.80 bits per heavy atom. The number of aromatic nitrogens is 3. The molecule has 0 atom stereocenters. The van der Waals surface area contributed by atoms with E-state index in [1.807, 2.05) is 77.4 Å². The van der Waals surface area contributed by atoms with Gasteiger partial charge >= 0.3 is 0 Å². The zero-order valence-corrected chi connectivity index (χ0v) is 20.4. The zero-order chi connectivity index (χ0) is 24.5. The summed E-state index contributed by atoms with van der Waals surface area (Å²) in [5.41, 5.74) is 5.20. The van der Waals surface area contributed by atoms with E-state index in [9.17, 15) is 4.79 Å². The minimum atomic E-state index is -0.260. The number of carbonyl (C=O) groups excluding carboxylic acids is 1. The van der Waals surface area contributed by atoms with Gasteiger partial charge in [-0.1, -0.05) is 71.9 Å². The second kappa shape index (κ2) is 12.0. The molecule has 0 radical (unpaired) electrons. The number of ether oxygens (including phenoxy) is 1. The average molecular weight is 504 g/mol. The maximum Gasteiger partial charge on any atom is 0.250 e. The lowest BCUT2D eigenvalue weighted by atomic mass is 10.2. The molecule has 0 aliphatic heterocycles. The van der Waals surface area contributed by atoms with Crippen molar-refractivity contribution in [3.63, 3.8) is 0 Å². The summed E-state index contributed by atoms with van der Waals surface area (Å²) in [4.78, 5) is 12.4. The van der Waals surface area contributed by atoms with Crippen LogP contribution in [-0.4, -0.2) is 39.7 Å². The fraction of sp³-hybridized carbons (Fsp3) is 0.0769. The van der Waals surface area contributed by atoms with Gasteiger partial charge in [-0.3, -0.25) is 9.36 Å². The first-order valence-electron chi connectivity index (χ1n) is 10.7. The number of thioether (sulfide) groups is 1. The number of para-hydroxylation sites is 1. The molecule has 4 aromatic rings. The lowest BCUT2D eigenvalue weighted by Gasteiger charge is -2.10. The molecule has 35 heavy (non-hydrogen) atoms. The highest BCUT2D eigenvalue weighted by Gasteiger charge is 2.17. The van der Waals surface area contributed by atoms with Gasteiger partial charge in [0.25, 0.3) is 5.91 Å². The van der Waals surface area contributed by atoms with Crippen molar-refractivity contribution in [3.8, 4) is 22.8 Å². The molecule has 7 nitrogen and oxygen atoms in total. The van der Waals surface area contributed by atoms with E-state index in [1.165, 1.54) is 18.0 Å². The summed E-state index contributed by atoms with van der Waals surface area (Å²) in [6.45, 7) is 0. The van der Waals surface area contributed by atoms with Gasteiger partial charge < -0.3 is 4.74 Å². The molecule has 0 aliphatic carbocycles. The predicted molar refractivity (Wildman–Crippen MR) is 141 cm³/mol. The van der Waals surface area contributed by atoms with Gasteiger partial charge in [-0.15, -0.1) is 10.2 Å². The number of nitrogens with zero attached hydrogens (tertiary/aromatic N) is 4. The quantitative estimate of drug-likeness (QED) is 0.185. The van der Waals surface area contributed by atoms with Gasteiger partial charge in [-0.05, 0) is 42.5 Å². The summed E-state index contributed by atoms with van der Waals surface area (Å²) >= 11 is 7.34. The highest BCUT2D eigenvalue weighted by Crippen LogP contribution is 2.28. The molecule has 1 N–H and O–H groups in total. The van der Waals surface area contributed by atoms with E-state index in [1.54, 1.807) is 25.3 Å². The lowest BCUT2D eigenvalue weighted by molar-refractivity contribution is -0.118. The van der Waals surface area contributed by atoms with Crippen LogP contribution in [0.3, 0.4) is 0 Å². The van der Waals surface area contributed by atoms with Gasteiger partial charge in [0.1, 0.15) is 5.75 Å². The summed E-state index contributed by atoms with van der Waals surface area (Å²) in [6, 6.07) is 24.8. The van der Waals surface area contributed by atoms with E-state index in [-0.39, 0.29) is 11.7 Å². The van der Waals surface area contributed by atoms with Crippen molar-refractivity contribution in [2.75, 3.05) is 12.9 Å². The first kappa shape index (κ1) is 24.3. The third-order valence-electron chi connectivity index (χ3n) is 4.85. The van der Waals surface area contributed by atoms with Crippen molar-refractivity contribution >= 4 is 41.6 Å². The Morgan fingerprint density at radius 3 is 2.57 bits per heavy atom. The van der Waals surface area contributed by atoms with Crippen molar-refractivity contribution < 1.29 is 9.53 Å². The molecule has 0 saturated carbocycles. The number of hydrogen-bond acceptors (Lipinski definition) is 6. The van der Waals surface area contributed by atoms with Gasteiger partial charge in [0.05, 0.1) is 12.9 Å². The first-order valence-corrected chi connectivity index (χ1v) is 12.0. The Bertz CT molecular complexity index is 1340. The van der Waals surface area contributed by atoms with Gasteiger partial charge in [0.2, 0.25) is 0 Å². The maximum atomic E-state index is 12.4. The highest BCUT2D eigenvalue weighted by atomic mass is 35.5. The van der Waals surface area contributed by atoms with Crippen molar-refractivity contribution in [2.24, 2.45) is 5.10 Å². The number of amides is 1. The van der Waals surface area contributed by atoms with E-state index in [2.05, 4.69) is 20.7 Å². The molecule has 0 spiro atoms.